The lowest BCUT2D eigenvalue weighted by Crippen LogP contribution is -2.27. The topological polar surface area (TPSA) is 30.2 Å². The minimum Gasteiger partial charge on any atom is -0.469 e. The van der Waals surface area contributed by atoms with Gasteiger partial charge in [0.1, 0.15) is 11.5 Å². The lowest BCUT2D eigenvalue weighted by molar-refractivity contribution is -0.121. The van der Waals surface area contributed by atoms with E-state index in [0.717, 1.165) is 12.2 Å². The summed E-state index contributed by atoms with van der Waals surface area (Å²) in [6, 6.07) is 3.60. The number of ketones is 1. The molecule has 1 aromatic heterocycles. The molecular weight excluding hydrogens is 238 g/mol. The molecule has 0 radical (unpaired) electrons. The Balaban J connectivity index is 1.74. The quantitative estimate of drug-likeness (QED) is 0.797. The maximum Gasteiger partial charge on any atom is 0.248 e. The smallest absolute Gasteiger partial charge is 0.248 e. The van der Waals surface area contributed by atoms with Crippen molar-refractivity contribution in [3.8, 4) is 0 Å². The maximum atomic E-state index is 13.2. The Hall–Kier alpha value is -1.19. The van der Waals surface area contributed by atoms with Gasteiger partial charge < -0.3 is 4.42 Å². The fourth-order valence-electron chi connectivity index (χ4n) is 2.59. The third-order valence-corrected chi connectivity index (χ3v) is 3.49. The predicted molar refractivity (Wildman–Crippen MR) is 63.6 cm³/mol. The number of carbonyl (C=O) groups excluding carboxylic acids is 1. The third-order valence-electron chi connectivity index (χ3n) is 3.49. The number of aryl methyl sites for hydroxylation is 1. The molecule has 1 unspecified atom stereocenters. The highest BCUT2D eigenvalue weighted by molar-refractivity contribution is 5.78. The number of alkyl halides is 2. The average Bonchev–Trinajstić information content (AvgIpc) is 2.77. The second kappa shape index (κ2) is 5.63. The second-order valence-electron chi connectivity index (χ2n) is 5.14. The standard InChI is InChI=1S/C14H18F2O2/c15-14(16)7-1-3-11(10-14)9-12(17)5-6-13-4-2-8-18-13/h2,4,8,11H,1,3,5-7,9-10H2. The first-order chi connectivity index (χ1) is 8.55. The van der Waals surface area contributed by atoms with Gasteiger partial charge in [-0.3, -0.25) is 4.79 Å². The summed E-state index contributed by atoms with van der Waals surface area (Å²) in [4.78, 5) is 11.7. The molecule has 4 heteroatoms. The number of Topliss-reactive ketones (excluding diaryl/α,β-unsaturated/α-hetero) is 1. The van der Waals surface area contributed by atoms with Gasteiger partial charge in [0.05, 0.1) is 6.26 Å². The van der Waals surface area contributed by atoms with Crippen LogP contribution in [0.4, 0.5) is 8.78 Å². The van der Waals surface area contributed by atoms with Crippen LogP contribution < -0.4 is 0 Å². The molecule has 1 fully saturated rings. The Morgan fingerprint density at radius 3 is 3.00 bits per heavy atom. The molecule has 1 aromatic rings. The predicted octanol–water partition coefficient (Wildman–Crippen LogP) is 4.00. The Labute approximate surface area is 105 Å². The largest absolute Gasteiger partial charge is 0.469 e. The Bertz CT molecular complexity index is 385. The molecule has 0 spiro atoms. The van der Waals surface area contributed by atoms with Crippen LogP contribution in [0.1, 0.15) is 44.3 Å². The van der Waals surface area contributed by atoms with Gasteiger partial charge in [0, 0.05) is 32.1 Å². The first kappa shape index (κ1) is 13.2. The van der Waals surface area contributed by atoms with Crippen molar-refractivity contribution in [3.63, 3.8) is 0 Å². The normalized spacial score (nSPS) is 22.9. The molecule has 1 atom stereocenters. The van der Waals surface area contributed by atoms with Gasteiger partial charge in [0.2, 0.25) is 5.92 Å². The molecule has 1 heterocycles. The van der Waals surface area contributed by atoms with Crippen LogP contribution in [0.2, 0.25) is 0 Å². The summed E-state index contributed by atoms with van der Waals surface area (Å²) in [5, 5.41) is 0. The van der Waals surface area contributed by atoms with Crippen LogP contribution in [0.3, 0.4) is 0 Å². The van der Waals surface area contributed by atoms with Crippen LogP contribution in [0.5, 0.6) is 0 Å². The van der Waals surface area contributed by atoms with Crippen LogP contribution >= 0.6 is 0 Å². The molecule has 1 aliphatic rings. The molecule has 0 amide bonds. The molecule has 2 nitrogen and oxygen atoms in total. The number of hydrogen-bond donors (Lipinski definition) is 0. The van der Waals surface area contributed by atoms with Crippen LogP contribution in [-0.2, 0) is 11.2 Å². The van der Waals surface area contributed by atoms with E-state index in [4.69, 9.17) is 4.42 Å². The second-order valence-corrected chi connectivity index (χ2v) is 5.14. The zero-order chi connectivity index (χ0) is 13.0. The van der Waals surface area contributed by atoms with E-state index < -0.39 is 5.92 Å². The minimum absolute atomic E-state index is 0.0237. The molecule has 0 aliphatic heterocycles. The van der Waals surface area contributed by atoms with Crippen molar-refractivity contribution in [2.45, 2.75) is 50.9 Å². The number of rotatable bonds is 5. The van der Waals surface area contributed by atoms with Crippen molar-refractivity contribution in [3.05, 3.63) is 24.2 Å². The van der Waals surface area contributed by atoms with Gasteiger partial charge in [-0.1, -0.05) is 0 Å². The van der Waals surface area contributed by atoms with E-state index in [1.807, 2.05) is 6.07 Å². The number of halogens is 2. The van der Waals surface area contributed by atoms with Crippen molar-refractivity contribution in [1.82, 2.24) is 0 Å². The zero-order valence-corrected chi connectivity index (χ0v) is 10.3. The van der Waals surface area contributed by atoms with Crippen LogP contribution in [0, 0.1) is 5.92 Å². The highest BCUT2D eigenvalue weighted by atomic mass is 19.3. The maximum absolute atomic E-state index is 13.2. The van der Waals surface area contributed by atoms with Crippen LogP contribution in [-0.4, -0.2) is 11.7 Å². The summed E-state index contributed by atoms with van der Waals surface area (Å²) in [5.74, 6) is -1.87. The van der Waals surface area contributed by atoms with Gasteiger partial charge in [-0.15, -0.1) is 0 Å². The number of hydrogen-bond acceptors (Lipinski definition) is 2. The minimum atomic E-state index is -2.57. The van der Waals surface area contributed by atoms with Gasteiger partial charge in [0.15, 0.2) is 0 Å². The van der Waals surface area contributed by atoms with Crippen LogP contribution in [0.15, 0.2) is 22.8 Å². The van der Waals surface area contributed by atoms with Crippen molar-refractivity contribution < 1.29 is 18.0 Å². The molecule has 1 aliphatic carbocycles. The van der Waals surface area contributed by atoms with Crippen molar-refractivity contribution in [2.24, 2.45) is 5.92 Å². The van der Waals surface area contributed by atoms with Crippen molar-refractivity contribution in [1.29, 1.82) is 0 Å². The third kappa shape index (κ3) is 3.93. The highest BCUT2D eigenvalue weighted by Gasteiger charge is 2.36. The summed E-state index contributed by atoms with van der Waals surface area (Å²) in [7, 11) is 0. The number of furan rings is 1. The molecule has 18 heavy (non-hydrogen) atoms. The molecule has 0 aromatic carbocycles. The van der Waals surface area contributed by atoms with E-state index in [1.54, 1.807) is 12.3 Å². The van der Waals surface area contributed by atoms with Crippen molar-refractivity contribution in [2.75, 3.05) is 0 Å². The molecular formula is C14H18F2O2. The van der Waals surface area contributed by atoms with Crippen LogP contribution in [0.25, 0.3) is 0 Å². The fraction of sp³-hybridized carbons (Fsp3) is 0.643. The first-order valence-electron chi connectivity index (χ1n) is 6.47. The summed E-state index contributed by atoms with van der Waals surface area (Å²) in [5.41, 5.74) is 0. The Morgan fingerprint density at radius 2 is 2.33 bits per heavy atom. The Morgan fingerprint density at radius 1 is 1.50 bits per heavy atom. The summed E-state index contributed by atoms with van der Waals surface area (Å²) < 4.78 is 31.5. The first-order valence-corrected chi connectivity index (χ1v) is 6.47. The van der Waals surface area contributed by atoms with Gasteiger partial charge in [-0.05, 0) is 30.9 Å². The summed E-state index contributed by atoms with van der Waals surface area (Å²) in [6.07, 6.45) is 3.94. The number of carbonyl (C=O) groups is 1. The van der Waals surface area contributed by atoms with Gasteiger partial charge in [-0.2, -0.15) is 0 Å². The van der Waals surface area contributed by atoms with E-state index in [-0.39, 0.29) is 31.0 Å². The van der Waals surface area contributed by atoms with Gasteiger partial charge in [0.25, 0.3) is 0 Å². The average molecular weight is 256 g/mol. The molecule has 0 saturated heterocycles. The van der Waals surface area contributed by atoms with E-state index >= 15 is 0 Å². The lowest BCUT2D eigenvalue weighted by atomic mass is 9.83. The van der Waals surface area contributed by atoms with Gasteiger partial charge in [-0.25, -0.2) is 8.78 Å². The fourth-order valence-corrected chi connectivity index (χ4v) is 2.59. The molecule has 1 saturated carbocycles. The van der Waals surface area contributed by atoms with E-state index in [9.17, 15) is 13.6 Å². The summed E-state index contributed by atoms with van der Waals surface area (Å²) in [6.45, 7) is 0. The molecule has 0 bridgehead atoms. The molecule has 2 rings (SSSR count). The van der Waals surface area contributed by atoms with E-state index in [2.05, 4.69) is 0 Å². The zero-order valence-electron chi connectivity index (χ0n) is 10.3. The van der Waals surface area contributed by atoms with Crippen molar-refractivity contribution >= 4 is 5.78 Å². The molecule has 0 N–H and O–H groups in total. The SMILES string of the molecule is O=C(CCc1ccco1)CC1CCCC(F)(F)C1. The lowest BCUT2D eigenvalue weighted by Gasteiger charge is -2.28. The highest BCUT2D eigenvalue weighted by Crippen LogP contribution is 2.38. The Kier molecular flexibility index (Phi) is 4.15. The summed E-state index contributed by atoms with van der Waals surface area (Å²) >= 11 is 0. The van der Waals surface area contributed by atoms with Gasteiger partial charge >= 0.3 is 0 Å². The molecule has 100 valence electrons. The van der Waals surface area contributed by atoms with E-state index in [0.29, 0.717) is 19.3 Å². The monoisotopic (exact) mass is 256 g/mol. The van der Waals surface area contributed by atoms with E-state index in [1.165, 1.54) is 0 Å².